The van der Waals surface area contributed by atoms with Crippen molar-refractivity contribution in [3.8, 4) is 6.07 Å². The molecule has 2 nitrogen and oxygen atoms in total. The SMILES string of the molecule is CC(C)NC(C)(C#N)CCSc1ccc(Br)cc1. The molecule has 18 heavy (non-hydrogen) atoms. The van der Waals surface area contributed by atoms with Crippen LogP contribution in [0.2, 0.25) is 0 Å². The number of nitrogens with one attached hydrogen (secondary N) is 1. The molecule has 1 unspecified atom stereocenters. The molecule has 0 saturated carbocycles. The number of thioether (sulfide) groups is 1. The van der Waals surface area contributed by atoms with Gasteiger partial charge in [-0.1, -0.05) is 15.9 Å². The molecular formula is C14H19BrN2S. The van der Waals surface area contributed by atoms with E-state index in [0.717, 1.165) is 16.6 Å². The zero-order chi connectivity index (χ0) is 13.6. The minimum absolute atomic E-state index is 0.326. The lowest BCUT2D eigenvalue weighted by Crippen LogP contribution is -2.45. The Bertz CT molecular complexity index is 411. The molecule has 1 aromatic rings. The van der Waals surface area contributed by atoms with Crippen molar-refractivity contribution in [1.29, 1.82) is 5.26 Å². The fourth-order valence-electron chi connectivity index (χ4n) is 1.70. The van der Waals surface area contributed by atoms with Crippen LogP contribution in [-0.2, 0) is 0 Å². The van der Waals surface area contributed by atoms with Crippen LogP contribution in [0.15, 0.2) is 33.6 Å². The second kappa shape index (κ2) is 7.18. The zero-order valence-electron chi connectivity index (χ0n) is 11.0. The summed E-state index contributed by atoms with van der Waals surface area (Å²) in [7, 11) is 0. The van der Waals surface area contributed by atoms with Gasteiger partial charge in [0.25, 0.3) is 0 Å². The summed E-state index contributed by atoms with van der Waals surface area (Å²) in [6, 6.07) is 11.0. The van der Waals surface area contributed by atoms with E-state index >= 15 is 0 Å². The van der Waals surface area contributed by atoms with Gasteiger partial charge in [0.05, 0.1) is 6.07 Å². The summed E-state index contributed by atoms with van der Waals surface area (Å²) in [6.07, 6.45) is 0.836. The van der Waals surface area contributed by atoms with E-state index in [4.69, 9.17) is 0 Å². The van der Waals surface area contributed by atoms with Crippen molar-refractivity contribution < 1.29 is 0 Å². The van der Waals surface area contributed by atoms with Crippen LogP contribution in [0, 0.1) is 11.3 Å². The van der Waals surface area contributed by atoms with E-state index in [0.29, 0.717) is 6.04 Å². The lowest BCUT2D eigenvalue weighted by atomic mass is 10.0. The van der Waals surface area contributed by atoms with Gasteiger partial charge in [-0.2, -0.15) is 5.26 Å². The molecule has 0 aliphatic carbocycles. The molecule has 1 rings (SSSR count). The Hall–Kier alpha value is -0.500. The van der Waals surface area contributed by atoms with Crippen molar-refractivity contribution in [1.82, 2.24) is 5.32 Å². The third-order valence-corrected chi connectivity index (χ3v) is 4.08. The highest BCUT2D eigenvalue weighted by Crippen LogP contribution is 2.23. The maximum absolute atomic E-state index is 9.24. The maximum Gasteiger partial charge on any atom is 0.104 e. The van der Waals surface area contributed by atoms with E-state index in [1.807, 2.05) is 19.1 Å². The largest absolute Gasteiger partial charge is 0.297 e. The van der Waals surface area contributed by atoms with Gasteiger partial charge in [-0.15, -0.1) is 11.8 Å². The van der Waals surface area contributed by atoms with E-state index in [9.17, 15) is 5.26 Å². The summed E-state index contributed by atoms with van der Waals surface area (Å²) < 4.78 is 1.09. The molecule has 0 aromatic heterocycles. The summed E-state index contributed by atoms with van der Waals surface area (Å²) >= 11 is 5.21. The Kier molecular flexibility index (Phi) is 6.20. The number of hydrogen-bond donors (Lipinski definition) is 1. The second-order valence-electron chi connectivity index (χ2n) is 4.80. The Morgan fingerprint density at radius 2 is 2.00 bits per heavy atom. The Morgan fingerprint density at radius 3 is 2.50 bits per heavy atom. The first-order valence-corrected chi connectivity index (χ1v) is 7.80. The fraction of sp³-hybridized carbons (Fsp3) is 0.500. The topological polar surface area (TPSA) is 35.8 Å². The first-order valence-electron chi connectivity index (χ1n) is 6.02. The minimum atomic E-state index is -0.434. The van der Waals surface area contributed by atoms with Crippen LogP contribution in [0.4, 0.5) is 0 Å². The van der Waals surface area contributed by atoms with Gasteiger partial charge in [0.2, 0.25) is 0 Å². The van der Waals surface area contributed by atoms with Gasteiger partial charge in [0.1, 0.15) is 5.54 Å². The van der Waals surface area contributed by atoms with Crippen LogP contribution < -0.4 is 5.32 Å². The molecule has 0 bridgehead atoms. The average molecular weight is 327 g/mol. The number of halogens is 1. The predicted molar refractivity (Wildman–Crippen MR) is 81.8 cm³/mol. The van der Waals surface area contributed by atoms with Crippen molar-refractivity contribution in [3.05, 3.63) is 28.7 Å². The molecule has 1 atom stereocenters. The van der Waals surface area contributed by atoms with E-state index in [1.54, 1.807) is 11.8 Å². The highest BCUT2D eigenvalue weighted by Gasteiger charge is 2.23. The summed E-state index contributed by atoms with van der Waals surface area (Å²) in [5.41, 5.74) is -0.434. The standard InChI is InChI=1S/C14H19BrN2S/c1-11(2)17-14(3,10-16)8-9-18-13-6-4-12(15)5-7-13/h4-7,11,17H,8-9H2,1-3H3. The monoisotopic (exact) mass is 326 g/mol. The predicted octanol–water partition coefficient (Wildman–Crippen LogP) is 4.21. The first-order chi connectivity index (χ1) is 8.45. The van der Waals surface area contributed by atoms with Crippen LogP contribution in [0.5, 0.6) is 0 Å². The highest BCUT2D eigenvalue weighted by atomic mass is 79.9. The smallest absolute Gasteiger partial charge is 0.104 e. The molecule has 0 fully saturated rings. The van der Waals surface area contributed by atoms with Gasteiger partial charge < -0.3 is 0 Å². The van der Waals surface area contributed by atoms with Crippen molar-refractivity contribution in [3.63, 3.8) is 0 Å². The van der Waals surface area contributed by atoms with Gasteiger partial charge in [0, 0.05) is 21.2 Å². The molecule has 1 aromatic carbocycles. The lowest BCUT2D eigenvalue weighted by Gasteiger charge is -2.25. The van der Waals surface area contributed by atoms with E-state index in [-0.39, 0.29) is 0 Å². The van der Waals surface area contributed by atoms with E-state index < -0.39 is 5.54 Å². The molecule has 4 heteroatoms. The van der Waals surface area contributed by atoms with Crippen LogP contribution in [0.3, 0.4) is 0 Å². The molecule has 0 heterocycles. The molecule has 1 N–H and O–H groups in total. The van der Waals surface area contributed by atoms with E-state index in [2.05, 4.69) is 53.3 Å². The molecule has 0 spiro atoms. The van der Waals surface area contributed by atoms with Crippen LogP contribution in [0.25, 0.3) is 0 Å². The van der Waals surface area contributed by atoms with Gasteiger partial charge in [-0.05, 0) is 51.5 Å². The first kappa shape index (κ1) is 15.6. The van der Waals surface area contributed by atoms with Gasteiger partial charge in [-0.25, -0.2) is 0 Å². The normalized spacial score (nSPS) is 14.2. The van der Waals surface area contributed by atoms with Gasteiger partial charge >= 0.3 is 0 Å². The van der Waals surface area contributed by atoms with Crippen molar-refractivity contribution >= 4 is 27.7 Å². The Balaban J connectivity index is 2.45. The third-order valence-electron chi connectivity index (χ3n) is 2.54. The molecule has 0 amide bonds. The van der Waals surface area contributed by atoms with Gasteiger partial charge in [0.15, 0.2) is 0 Å². The summed E-state index contributed by atoms with van der Waals surface area (Å²) in [5, 5.41) is 12.6. The zero-order valence-corrected chi connectivity index (χ0v) is 13.4. The average Bonchev–Trinajstić information content (AvgIpc) is 2.31. The van der Waals surface area contributed by atoms with Crippen LogP contribution in [-0.4, -0.2) is 17.3 Å². The highest BCUT2D eigenvalue weighted by molar-refractivity contribution is 9.10. The maximum atomic E-state index is 9.24. The van der Waals surface area contributed by atoms with Gasteiger partial charge in [-0.3, -0.25) is 5.32 Å². The van der Waals surface area contributed by atoms with Crippen molar-refractivity contribution in [2.24, 2.45) is 0 Å². The number of nitriles is 1. The minimum Gasteiger partial charge on any atom is -0.297 e. The number of rotatable bonds is 6. The molecule has 0 saturated heterocycles. The summed E-state index contributed by atoms with van der Waals surface area (Å²) in [6.45, 7) is 6.10. The van der Waals surface area contributed by atoms with Crippen molar-refractivity contribution in [2.75, 3.05) is 5.75 Å². The fourth-order valence-corrected chi connectivity index (χ4v) is 3.04. The number of benzene rings is 1. The second-order valence-corrected chi connectivity index (χ2v) is 6.88. The molecule has 98 valence electrons. The summed E-state index contributed by atoms with van der Waals surface area (Å²) in [4.78, 5) is 1.24. The molecule has 0 radical (unpaired) electrons. The Morgan fingerprint density at radius 1 is 1.39 bits per heavy atom. The lowest BCUT2D eigenvalue weighted by molar-refractivity contribution is 0.397. The molecule has 0 aliphatic rings. The Labute approximate surface area is 122 Å². The third kappa shape index (κ3) is 5.43. The quantitative estimate of drug-likeness (QED) is 0.795. The summed E-state index contributed by atoms with van der Waals surface area (Å²) in [5.74, 6) is 0.936. The van der Waals surface area contributed by atoms with E-state index in [1.165, 1.54) is 4.90 Å². The number of hydrogen-bond acceptors (Lipinski definition) is 3. The molecule has 0 aliphatic heterocycles. The number of nitrogens with zero attached hydrogens (tertiary/aromatic N) is 1. The molecular weight excluding hydrogens is 308 g/mol. The van der Waals surface area contributed by atoms with Crippen LogP contribution in [0.1, 0.15) is 27.2 Å². The van der Waals surface area contributed by atoms with Crippen LogP contribution >= 0.6 is 27.7 Å². The van der Waals surface area contributed by atoms with Crippen molar-refractivity contribution in [2.45, 2.75) is 43.7 Å².